The maximum Gasteiger partial charge on any atom is 0.335 e. The number of hydrogen-bond acceptors (Lipinski definition) is 2. The van der Waals surface area contributed by atoms with Gasteiger partial charge in [0.2, 0.25) is 0 Å². The van der Waals surface area contributed by atoms with Crippen LogP contribution in [0.1, 0.15) is 15.9 Å². The van der Waals surface area contributed by atoms with E-state index in [4.69, 9.17) is 16.3 Å². The van der Waals surface area contributed by atoms with Crippen molar-refractivity contribution in [2.24, 2.45) is 0 Å². The van der Waals surface area contributed by atoms with Crippen molar-refractivity contribution in [2.75, 3.05) is 7.11 Å². The summed E-state index contributed by atoms with van der Waals surface area (Å²) in [4.78, 5) is 10.6. The Morgan fingerprint density at radius 3 is 2.77 bits per heavy atom. The third kappa shape index (κ3) is 1.79. The molecule has 0 aromatic heterocycles. The van der Waals surface area contributed by atoms with E-state index in [-0.39, 0.29) is 5.56 Å². The summed E-state index contributed by atoms with van der Waals surface area (Å²) in [5.74, 6) is 1.80. The summed E-state index contributed by atoms with van der Waals surface area (Å²) in [5, 5.41) is 8.66. The molecule has 0 radical (unpaired) electrons. The lowest BCUT2D eigenvalue weighted by Crippen LogP contribution is -1.97. The van der Waals surface area contributed by atoms with Crippen LogP contribution in [-0.4, -0.2) is 18.2 Å². The number of hydrogen-bond donors (Lipinski definition) is 1. The van der Waals surface area contributed by atoms with Crippen LogP contribution in [-0.2, 0) is 0 Å². The number of carboxylic acids is 1. The molecule has 0 saturated carbocycles. The van der Waals surface area contributed by atoms with Gasteiger partial charge in [-0.3, -0.25) is 0 Å². The minimum Gasteiger partial charge on any atom is -0.495 e. The molecule has 0 amide bonds. The van der Waals surface area contributed by atoms with Crippen LogP contribution in [0.5, 0.6) is 5.75 Å². The molecule has 0 aliphatic heterocycles. The van der Waals surface area contributed by atoms with Crippen molar-refractivity contribution in [3.8, 4) is 18.1 Å². The highest BCUT2D eigenvalue weighted by molar-refractivity contribution is 5.88. The first-order valence-corrected chi connectivity index (χ1v) is 3.57. The summed E-state index contributed by atoms with van der Waals surface area (Å²) in [6.07, 6.45) is 5.17. The van der Waals surface area contributed by atoms with Crippen molar-refractivity contribution in [3.63, 3.8) is 0 Å². The first-order chi connectivity index (χ1) is 6.19. The second-order valence-electron chi connectivity index (χ2n) is 2.36. The number of aromatic carboxylic acids is 1. The fraction of sp³-hybridized carbons (Fsp3) is 0.100. The molecule has 66 valence electrons. The fourth-order valence-electron chi connectivity index (χ4n) is 0.943. The van der Waals surface area contributed by atoms with E-state index >= 15 is 0 Å². The Hall–Kier alpha value is -1.95. The van der Waals surface area contributed by atoms with E-state index in [1.165, 1.54) is 19.2 Å². The van der Waals surface area contributed by atoms with Crippen molar-refractivity contribution in [1.29, 1.82) is 0 Å². The number of ether oxygens (including phenoxy) is 1. The van der Waals surface area contributed by atoms with Gasteiger partial charge in [0.15, 0.2) is 0 Å². The van der Waals surface area contributed by atoms with E-state index in [9.17, 15) is 4.79 Å². The van der Waals surface area contributed by atoms with Crippen LogP contribution in [0.4, 0.5) is 0 Å². The predicted molar refractivity (Wildman–Crippen MR) is 47.9 cm³/mol. The Labute approximate surface area is 76.0 Å². The fourth-order valence-corrected chi connectivity index (χ4v) is 0.943. The van der Waals surface area contributed by atoms with Crippen molar-refractivity contribution in [2.45, 2.75) is 0 Å². The molecule has 3 nitrogen and oxygen atoms in total. The summed E-state index contributed by atoms with van der Waals surface area (Å²) >= 11 is 0. The molecule has 0 saturated heterocycles. The van der Waals surface area contributed by atoms with Gasteiger partial charge in [-0.2, -0.15) is 0 Å². The van der Waals surface area contributed by atoms with Gasteiger partial charge < -0.3 is 9.84 Å². The van der Waals surface area contributed by atoms with E-state index in [1.54, 1.807) is 6.07 Å². The molecule has 0 unspecified atom stereocenters. The van der Waals surface area contributed by atoms with Gasteiger partial charge in [0.05, 0.1) is 18.2 Å². The van der Waals surface area contributed by atoms with Crippen LogP contribution < -0.4 is 4.74 Å². The lowest BCUT2D eigenvalue weighted by atomic mass is 10.1. The number of carboxylic acid groups (broad SMARTS) is 1. The summed E-state index contributed by atoms with van der Waals surface area (Å²) in [5.41, 5.74) is 0.711. The number of rotatable bonds is 2. The average Bonchev–Trinajstić information content (AvgIpc) is 2.16. The number of methoxy groups -OCH3 is 1. The molecule has 0 atom stereocenters. The highest BCUT2D eigenvalue weighted by atomic mass is 16.5. The maximum atomic E-state index is 10.6. The van der Waals surface area contributed by atoms with Crippen LogP contribution in [0.25, 0.3) is 0 Å². The largest absolute Gasteiger partial charge is 0.495 e. The Kier molecular flexibility index (Phi) is 2.56. The monoisotopic (exact) mass is 176 g/mol. The van der Waals surface area contributed by atoms with Gasteiger partial charge in [0.1, 0.15) is 5.75 Å². The molecule has 1 aromatic rings. The number of carbonyl (C=O) groups is 1. The van der Waals surface area contributed by atoms with E-state index in [0.29, 0.717) is 11.3 Å². The summed E-state index contributed by atoms with van der Waals surface area (Å²) in [6, 6.07) is 4.39. The Bertz CT molecular complexity index is 374. The summed E-state index contributed by atoms with van der Waals surface area (Å²) in [6.45, 7) is 0. The van der Waals surface area contributed by atoms with Crippen LogP contribution in [0.3, 0.4) is 0 Å². The number of terminal acetylenes is 1. The van der Waals surface area contributed by atoms with Gasteiger partial charge in [0, 0.05) is 0 Å². The van der Waals surface area contributed by atoms with E-state index in [0.717, 1.165) is 0 Å². The molecule has 0 bridgehead atoms. The zero-order chi connectivity index (χ0) is 9.84. The first kappa shape index (κ1) is 9.14. The van der Waals surface area contributed by atoms with E-state index in [1.807, 2.05) is 0 Å². The van der Waals surface area contributed by atoms with Gasteiger partial charge in [-0.15, -0.1) is 6.42 Å². The first-order valence-electron chi connectivity index (χ1n) is 3.57. The van der Waals surface area contributed by atoms with Crippen LogP contribution in [0, 0.1) is 12.3 Å². The lowest BCUT2D eigenvalue weighted by molar-refractivity contribution is 0.0696. The van der Waals surface area contributed by atoms with Crippen molar-refractivity contribution >= 4 is 5.97 Å². The molecular formula is C10H8O3. The molecular weight excluding hydrogens is 168 g/mol. The summed E-state index contributed by atoms with van der Waals surface area (Å²) < 4.78 is 4.92. The predicted octanol–water partition coefficient (Wildman–Crippen LogP) is 1.37. The van der Waals surface area contributed by atoms with Gasteiger partial charge in [0.25, 0.3) is 0 Å². The minimum atomic E-state index is -0.998. The van der Waals surface area contributed by atoms with Crippen molar-refractivity contribution in [1.82, 2.24) is 0 Å². The smallest absolute Gasteiger partial charge is 0.335 e. The number of benzene rings is 1. The molecule has 1 rings (SSSR count). The highest BCUT2D eigenvalue weighted by Crippen LogP contribution is 2.18. The second-order valence-corrected chi connectivity index (χ2v) is 2.36. The van der Waals surface area contributed by atoms with Crippen LogP contribution in [0.2, 0.25) is 0 Å². The SMILES string of the molecule is C#Cc1ccc(C(=O)O)cc1OC. The van der Waals surface area contributed by atoms with Gasteiger partial charge in [-0.1, -0.05) is 5.92 Å². The quantitative estimate of drug-likeness (QED) is 0.692. The highest BCUT2D eigenvalue weighted by Gasteiger charge is 2.06. The molecule has 0 fully saturated rings. The Morgan fingerprint density at radius 1 is 1.62 bits per heavy atom. The maximum absolute atomic E-state index is 10.6. The van der Waals surface area contributed by atoms with E-state index < -0.39 is 5.97 Å². The zero-order valence-electron chi connectivity index (χ0n) is 7.07. The molecule has 0 aliphatic carbocycles. The minimum absolute atomic E-state index is 0.163. The van der Waals surface area contributed by atoms with Crippen molar-refractivity contribution < 1.29 is 14.6 Å². The third-order valence-electron chi connectivity index (χ3n) is 1.60. The molecule has 1 N–H and O–H groups in total. The standard InChI is InChI=1S/C10H8O3/c1-3-7-4-5-8(10(11)12)6-9(7)13-2/h1,4-6H,2H3,(H,11,12). The van der Waals surface area contributed by atoms with Crippen LogP contribution in [0.15, 0.2) is 18.2 Å². The van der Waals surface area contributed by atoms with Gasteiger partial charge in [-0.25, -0.2) is 4.79 Å². The Morgan fingerprint density at radius 2 is 2.31 bits per heavy atom. The zero-order valence-corrected chi connectivity index (χ0v) is 7.07. The molecule has 3 heteroatoms. The van der Waals surface area contributed by atoms with E-state index in [2.05, 4.69) is 5.92 Å². The Balaban J connectivity index is 3.23. The summed E-state index contributed by atoms with van der Waals surface area (Å²) in [7, 11) is 1.45. The molecule has 1 aromatic carbocycles. The average molecular weight is 176 g/mol. The molecule has 0 aliphatic rings. The molecule has 0 heterocycles. The normalized spacial score (nSPS) is 8.92. The second kappa shape index (κ2) is 3.63. The molecule has 0 spiro atoms. The topological polar surface area (TPSA) is 46.5 Å². The lowest BCUT2D eigenvalue weighted by Gasteiger charge is -2.03. The van der Waals surface area contributed by atoms with Crippen LogP contribution >= 0.6 is 0 Å². The third-order valence-corrected chi connectivity index (χ3v) is 1.60. The van der Waals surface area contributed by atoms with Gasteiger partial charge >= 0.3 is 5.97 Å². The van der Waals surface area contributed by atoms with Crippen molar-refractivity contribution in [3.05, 3.63) is 29.3 Å². The van der Waals surface area contributed by atoms with Gasteiger partial charge in [-0.05, 0) is 18.2 Å². The molecule has 13 heavy (non-hydrogen) atoms.